The summed E-state index contributed by atoms with van der Waals surface area (Å²) in [6.07, 6.45) is 1.44. The second-order valence-corrected chi connectivity index (χ2v) is 5.72. The standard InChI is InChI=1S/C18H16N2/c1-4-8-16-11(5-1)13-9-17(20-16)14-10-19-15-7-3-2-6-12(15)18(13)14/h1-8,10,13-14,17-18,20H,9H2/t13-,14-,17-,18+/m0/s1/i9D,14D/t9?,13-,14-,17-,18+. The lowest BCUT2D eigenvalue weighted by atomic mass is 9.78. The van der Waals surface area contributed by atoms with Gasteiger partial charge in [-0.15, -0.1) is 0 Å². The van der Waals surface area contributed by atoms with E-state index in [1.165, 1.54) is 5.56 Å². The fourth-order valence-electron chi connectivity index (χ4n) is 3.88. The molecule has 2 heterocycles. The molecule has 0 aromatic heterocycles. The summed E-state index contributed by atoms with van der Waals surface area (Å²) >= 11 is 0. The highest BCUT2D eigenvalue weighted by molar-refractivity contribution is 5.77. The normalized spacial score (nSPS) is 40.8. The highest BCUT2D eigenvalue weighted by atomic mass is 15.0. The molecule has 0 spiro atoms. The van der Waals surface area contributed by atoms with E-state index in [1.807, 2.05) is 30.3 Å². The topological polar surface area (TPSA) is 24.4 Å². The third-order valence-electron chi connectivity index (χ3n) is 4.73. The van der Waals surface area contributed by atoms with Crippen molar-refractivity contribution in [3.05, 3.63) is 59.7 Å². The van der Waals surface area contributed by atoms with E-state index < -0.39 is 5.89 Å². The van der Waals surface area contributed by atoms with Crippen molar-refractivity contribution in [3.63, 3.8) is 0 Å². The number of rotatable bonds is 0. The molecule has 1 fully saturated rings. The van der Waals surface area contributed by atoms with Crippen molar-refractivity contribution in [1.82, 2.24) is 0 Å². The van der Waals surface area contributed by atoms with Crippen LogP contribution in [0.15, 0.2) is 53.5 Å². The molecule has 2 aromatic rings. The van der Waals surface area contributed by atoms with E-state index in [1.54, 1.807) is 6.21 Å². The van der Waals surface area contributed by atoms with Gasteiger partial charge in [-0.1, -0.05) is 36.4 Å². The molecule has 1 unspecified atom stereocenters. The minimum absolute atomic E-state index is 0.00940. The van der Waals surface area contributed by atoms with Gasteiger partial charge in [-0.3, -0.25) is 4.99 Å². The molecule has 2 nitrogen and oxygen atoms in total. The van der Waals surface area contributed by atoms with E-state index in [4.69, 9.17) is 2.74 Å². The first-order valence-electron chi connectivity index (χ1n) is 8.20. The lowest BCUT2D eigenvalue weighted by Crippen LogP contribution is -2.28. The Bertz CT molecular complexity index is 803. The van der Waals surface area contributed by atoms with E-state index in [9.17, 15) is 0 Å². The lowest BCUT2D eigenvalue weighted by Gasteiger charge is -2.27. The predicted octanol–water partition coefficient (Wildman–Crippen LogP) is 4.08. The Hall–Kier alpha value is -2.09. The minimum atomic E-state index is -0.857. The first kappa shape index (κ1) is 8.96. The first-order chi connectivity index (χ1) is 10.7. The largest absolute Gasteiger partial charge is 0.381 e. The van der Waals surface area contributed by atoms with E-state index in [0.717, 1.165) is 16.9 Å². The highest BCUT2D eigenvalue weighted by Crippen LogP contribution is 2.57. The van der Waals surface area contributed by atoms with Crippen molar-refractivity contribution in [2.24, 2.45) is 10.9 Å². The molecule has 1 saturated carbocycles. The molecule has 5 atom stereocenters. The molecule has 0 saturated heterocycles. The van der Waals surface area contributed by atoms with Gasteiger partial charge in [-0.2, -0.15) is 0 Å². The number of hydrogen-bond acceptors (Lipinski definition) is 2. The molecular formula is C18H16N2. The maximum absolute atomic E-state index is 9.07. The van der Waals surface area contributed by atoms with Gasteiger partial charge in [0.25, 0.3) is 0 Å². The second-order valence-electron chi connectivity index (χ2n) is 5.72. The summed E-state index contributed by atoms with van der Waals surface area (Å²) in [5, 5.41) is 3.44. The van der Waals surface area contributed by atoms with Crippen LogP contribution >= 0.6 is 0 Å². The van der Waals surface area contributed by atoms with Crippen LogP contribution in [0.25, 0.3) is 0 Å². The summed E-state index contributed by atoms with van der Waals surface area (Å²) in [4.78, 5) is 4.53. The van der Waals surface area contributed by atoms with Gasteiger partial charge < -0.3 is 5.32 Å². The number of nitrogens with zero attached hydrogens (tertiary/aromatic N) is 1. The molecular weight excluding hydrogens is 244 g/mol. The van der Waals surface area contributed by atoms with Crippen LogP contribution in [-0.2, 0) is 0 Å². The molecule has 5 rings (SSSR count). The van der Waals surface area contributed by atoms with Gasteiger partial charge in [0.15, 0.2) is 0 Å². The number of nitrogens with one attached hydrogen (secondary N) is 1. The minimum Gasteiger partial charge on any atom is -0.381 e. The average molecular weight is 262 g/mol. The molecule has 1 N–H and O–H groups in total. The summed E-state index contributed by atoms with van der Waals surface area (Å²) in [5.41, 5.74) is 4.31. The van der Waals surface area contributed by atoms with Gasteiger partial charge in [-0.25, -0.2) is 0 Å². The number of benzene rings is 2. The van der Waals surface area contributed by atoms with Crippen LogP contribution in [0.4, 0.5) is 11.4 Å². The number of para-hydroxylation sites is 2. The highest BCUT2D eigenvalue weighted by Gasteiger charge is 2.49. The first-order valence-corrected chi connectivity index (χ1v) is 7.12. The number of anilines is 1. The van der Waals surface area contributed by atoms with E-state index in [-0.39, 0.29) is 24.3 Å². The maximum Gasteiger partial charge on any atom is 0.0661 e. The van der Waals surface area contributed by atoms with Crippen molar-refractivity contribution in [2.45, 2.75) is 24.3 Å². The molecule has 1 aliphatic carbocycles. The zero-order valence-electron chi connectivity index (χ0n) is 13.0. The van der Waals surface area contributed by atoms with E-state index in [0.29, 0.717) is 0 Å². The van der Waals surface area contributed by atoms with Gasteiger partial charge in [-0.05, 0) is 35.6 Å². The van der Waals surface area contributed by atoms with Crippen LogP contribution in [0.5, 0.6) is 0 Å². The lowest BCUT2D eigenvalue weighted by molar-refractivity contribution is 0.572. The van der Waals surface area contributed by atoms with Gasteiger partial charge in [0, 0.05) is 32.5 Å². The Balaban J connectivity index is 1.79. The maximum atomic E-state index is 9.07. The van der Waals surface area contributed by atoms with Gasteiger partial charge >= 0.3 is 0 Å². The Morgan fingerprint density at radius 3 is 2.85 bits per heavy atom. The molecule has 3 aliphatic rings. The average Bonchev–Trinajstić information content (AvgIpc) is 2.70. The molecule has 98 valence electrons. The molecule has 0 radical (unpaired) electrons. The zero-order valence-corrected chi connectivity index (χ0v) is 11.0. The molecule has 20 heavy (non-hydrogen) atoms. The molecule has 2 heteroatoms. The smallest absolute Gasteiger partial charge is 0.0661 e. The van der Waals surface area contributed by atoms with Crippen molar-refractivity contribution < 1.29 is 2.74 Å². The Morgan fingerprint density at radius 1 is 1.10 bits per heavy atom. The van der Waals surface area contributed by atoms with Crippen molar-refractivity contribution >= 4 is 17.6 Å². The summed E-state index contributed by atoms with van der Waals surface area (Å²) in [5.74, 6) is -0.817. The third kappa shape index (κ3) is 1.26. The monoisotopic (exact) mass is 262 g/mol. The molecule has 2 bridgehead atoms. The zero-order chi connectivity index (χ0) is 14.9. The van der Waals surface area contributed by atoms with Gasteiger partial charge in [0.05, 0.1) is 5.69 Å². The Morgan fingerprint density at radius 2 is 1.90 bits per heavy atom. The van der Waals surface area contributed by atoms with Gasteiger partial charge in [0.1, 0.15) is 0 Å². The number of hydrogen-bond donors (Lipinski definition) is 1. The number of aliphatic imine (C=N–C) groups is 1. The molecule has 2 aromatic carbocycles. The van der Waals surface area contributed by atoms with Crippen LogP contribution in [0.3, 0.4) is 0 Å². The second kappa shape index (κ2) is 3.72. The van der Waals surface area contributed by atoms with Crippen molar-refractivity contribution in [1.29, 1.82) is 0 Å². The van der Waals surface area contributed by atoms with Crippen LogP contribution in [0, 0.1) is 5.89 Å². The Labute approximate surface area is 121 Å². The Kier molecular flexibility index (Phi) is 1.67. The SMILES string of the molecule is [2H]C1[C@H]2c3ccccc3N[C@@H]1[C@]1([2H])C=Nc3ccccc3[C@H]21. The van der Waals surface area contributed by atoms with Crippen LogP contribution < -0.4 is 5.32 Å². The molecule has 2 aliphatic heterocycles. The fraction of sp³-hybridized carbons (Fsp3) is 0.278. The summed E-state index contributed by atoms with van der Waals surface area (Å²) in [7, 11) is 0. The predicted molar refractivity (Wildman–Crippen MR) is 82.0 cm³/mol. The third-order valence-corrected chi connectivity index (χ3v) is 4.73. The quantitative estimate of drug-likeness (QED) is 0.760. The summed E-state index contributed by atoms with van der Waals surface area (Å²) in [6, 6.07) is 16.1. The van der Waals surface area contributed by atoms with Crippen LogP contribution in [0.2, 0.25) is 0 Å². The van der Waals surface area contributed by atoms with Crippen LogP contribution in [-0.4, -0.2) is 12.3 Å². The number of fused-ring (bicyclic) bond motifs is 9. The molecule has 0 amide bonds. The summed E-state index contributed by atoms with van der Waals surface area (Å²) < 4.78 is 17.8. The van der Waals surface area contributed by atoms with Gasteiger partial charge in [0.2, 0.25) is 0 Å². The van der Waals surface area contributed by atoms with Crippen molar-refractivity contribution in [2.75, 3.05) is 5.32 Å². The van der Waals surface area contributed by atoms with E-state index >= 15 is 0 Å². The van der Waals surface area contributed by atoms with E-state index in [2.05, 4.69) is 28.5 Å². The fourth-order valence-corrected chi connectivity index (χ4v) is 3.88. The van der Waals surface area contributed by atoms with Crippen molar-refractivity contribution in [3.8, 4) is 0 Å². The van der Waals surface area contributed by atoms with Crippen LogP contribution in [0.1, 0.15) is 32.1 Å². The summed E-state index contributed by atoms with van der Waals surface area (Å²) in [6.45, 7) is 0.